The maximum absolute atomic E-state index is 15.9. The lowest BCUT2D eigenvalue weighted by Gasteiger charge is -2.23. The molecule has 0 heterocycles. The van der Waals surface area contributed by atoms with Crippen LogP contribution in [0.5, 0.6) is 0 Å². The number of rotatable bonds is 8. The van der Waals surface area contributed by atoms with Gasteiger partial charge in [0.15, 0.2) is 0 Å². The van der Waals surface area contributed by atoms with Crippen LogP contribution in [0.4, 0.5) is 13.2 Å². The van der Waals surface area contributed by atoms with Gasteiger partial charge in [0.2, 0.25) is 0 Å². The minimum Gasteiger partial charge on any atom is -0.242 e. The molecule has 33 heavy (non-hydrogen) atoms. The van der Waals surface area contributed by atoms with Crippen LogP contribution in [0.3, 0.4) is 0 Å². The average Bonchev–Trinajstić information content (AvgIpc) is 2.83. The third kappa shape index (κ3) is 5.25. The van der Waals surface area contributed by atoms with Crippen LogP contribution >= 0.6 is 11.6 Å². The average molecular weight is 467 g/mol. The first-order valence-electron chi connectivity index (χ1n) is 11.4. The van der Waals surface area contributed by atoms with E-state index in [0.717, 1.165) is 30.0 Å². The lowest BCUT2D eigenvalue weighted by atomic mass is 9.84. The Labute approximate surface area is 198 Å². The zero-order valence-corrected chi connectivity index (χ0v) is 19.3. The molecule has 0 aromatic heterocycles. The Bertz CT molecular complexity index is 1250. The van der Waals surface area contributed by atoms with E-state index in [0.29, 0.717) is 23.1 Å². The van der Waals surface area contributed by atoms with Crippen LogP contribution in [0.1, 0.15) is 55.8 Å². The molecule has 2 unspecified atom stereocenters. The van der Waals surface area contributed by atoms with E-state index >= 15 is 8.78 Å². The zero-order chi connectivity index (χ0) is 23.4. The molecule has 0 saturated carbocycles. The highest BCUT2D eigenvalue weighted by Gasteiger charge is 2.25. The number of hydrogen-bond acceptors (Lipinski definition) is 0. The molecule has 0 radical (unpaired) electrons. The van der Waals surface area contributed by atoms with E-state index in [9.17, 15) is 4.39 Å². The van der Waals surface area contributed by atoms with Gasteiger partial charge in [0.05, 0.1) is 5.02 Å². The smallest absolute Gasteiger partial charge is 0.142 e. The SMILES string of the molecule is CCCCCC(c1ccc(-c2ccc(Cl)c(F)c2)c(F)c1)C(F)c1ccc2ccccc2c1. The molecule has 0 N–H and O–H groups in total. The number of hydrogen-bond donors (Lipinski definition) is 0. The van der Waals surface area contributed by atoms with Gasteiger partial charge in [-0.1, -0.05) is 92.4 Å². The second kappa shape index (κ2) is 10.4. The molecule has 4 aromatic carbocycles. The molecule has 0 aliphatic carbocycles. The molecule has 0 amide bonds. The largest absolute Gasteiger partial charge is 0.242 e. The van der Waals surface area contributed by atoms with Gasteiger partial charge < -0.3 is 0 Å². The maximum atomic E-state index is 15.9. The summed E-state index contributed by atoms with van der Waals surface area (Å²) < 4.78 is 44.9. The van der Waals surface area contributed by atoms with Gasteiger partial charge in [-0.2, -0.15) is 0 Å². The standard InChI is InChI=1S/C29H26ClF3/c1-2-3-4-9-25(29(33)23-11-10-19-7-5-6-8-20(19)16-23)22-12-14-24(27(31)17-22)21-13-15-26(30)28(32)18-21/h5-8,10-18,25,29H,2-4,9H2,1H3. The van der Waals surface area contributed by atoms with Gasteiger partial charge in [0, 0.05) is 11.5 Å². The van der Waals surface area contributed by atoms with Crippen molar-refractivity contribution >= 4 is 22.4 Å². The molecular weight excluding hydrogens is 441 g/mol. The molecule has 0 bridgehead atoms. The van der Waals surface area contributed by atoms with Crippen molar-refractivity contribution in [1.29, 1.82) is 0 Å². The highest BCUT2D eigenvalue weighted by atomic mass is 35.5. The molecule has 0 spiro atoms. The van der Waals surface area contributed by atoms with Crippen LogP contribution in [0, 0.1) is 11.6 Å². The van der Waals surface area contributed by atoms with Gasteiger partial charge in [-0.3, -0.25) is 0 Å². The van der Waals surface area contributed by atoms with Crippen LogP contribution in [0.2, 0.25) is 5.02 Å². The predicted molar refractivity (Wildman–Crippen MR) is 131 cm³/mol. The van der Waals surface area contributed by atoms with Crippen LogP contribution in [0.15, 0.2) is 78.9 Å². The Balaban J connectivity index is 1.68. The molecule has 0 aliphatic heterocycles. The van der Waals surface area contributed by atoms with E-state index in [1.165, 1.54) is 18.2 Å². The fourth-order valence-corrected chi connectivity index (χ4v) is 4.49. The second-order valence-electron chi connectivity index (χ2n) is 8.48. The first-order chi connectivity index (χ1) is 16.0. The molecule has 4 aromatic rings. The Hall–Kier alpha value is -2.78. The second-order valence-corrected chi connectivity index (χ2v) is 8.89. The molecule has 4 rings (SSSR count). The summed E-state index contributed by atoms with van der Waals surface area (Å²) in [5, 5.41) is 2.03. The number of benzene rings is 4. The van der Waals surface area contributed by atoms with Crippen LogP contribution in [-0.4, -0.2) is 0 Å². The summed E-state index contributed by atoms with van der Waals surface area (Å²) in [5.41, 5.74) is 1.87. The fraction of sp³-hybridized carbons (Fsp3) is 0.241. The Morgan fingerprint density at radius 3 is 2.24 bits per heavy atom. The van der Waals surface area contributed by atoms with Crippen LogP contribution in [0.25, 0.3) is 21.9 Å². The van der Waals surface area contributed by atoms with Gasteiger partial charge in [0.1, 0.15) is 17.8 Å². The predicted octanol–water partition coefficient (Wildman–Crippen LogP) is 9.81. The molecular formula is C29H26ClF3. The Morgan fingerprint density at radius 2 is 1.52 bits per heavy atom. The highest BCUT2D eigenvalue weighted by molar-refractivity contribution is 6.30. The van der Waals surface area contributed by atoms with Crippen LogP contribution < -0.4 is 0 Å². The Morgan fingerprint density at radius 1 is 0.758 bits per heavy atom. The van der Waals surface area contributed by atoms with Gasteiger partial charge in [-0.15, -0.1) is 0 Å². The lowest BCUT2D eigenvalue weighted by Crippen LogP contribution is -2.09. The highest BCUT2D eigenvalue weighted by Crippen LogP contribution is 2.40. The van der Waals surface area contributed by atoms with Crippen molar-refractivity contribution in [1.82, 2.24) is 0 Å². The van der Waals surface area contributed by atoms with E-state index in [-0.39, 0.29) is 10.6 Å². The third-order valence-electron chi connectivity index (χ3n) is 6.22. The molecule has 0 fully saturated rings. The van der Waals surface area contributed by atoms with Crippen molar-refractivity contribution in [3.8, 4) is 11.1 Å². The summed E-state index contributed by atoms with van der Waals surface area (Å²) in [5.74, 6) is -1.57. The van der Waals surface area contributed by atoms with E-state index in [2.05, 4.69) is 6.92 Å². The van der Waals surface area contributed by atoms with Gasteiger partial charge in [-0.05, 0) is 58.1 Å². The van der Waals surface area contributed by atoms with E-state index < -0.39 is 23.7 Å². The molecule has 0 nitrogen and oxygen atoms in total. The molecule has 2 atom stereocenters. The van der Waals surface area contributed by atoms with Crippen molar-refractivity contribution in [2.24, 2.45) is 0 Å². The monoisotopic (exact) mass is 466 g/mol. The van der Waals surface area contributed by atoms with E-state index in [4.69, 9.17) is 11.6 Å². The van der Waals surface area contributed by atoms with Gasteiger partial charge in [0.25, 0.3) is 0 Å². The van der Waals surface area contributed by atoms with E-state index in [1.807, 2.05) is 42.5 Å². The summed E-state index contributed by atoms with van der Waals surface area (Å²) in [6.45, 7) is 2.10. The zero-order valence-electron chi connectivity index (χ0n) is 18.5. The normalized spacial score (nSPS) is 13.2. The van der Waals surface area contributed by atoms with Crippen molar-refractivity contribution in [2.75, 3.05) is 0 Å². The number of halogens is 4. The maximum Gasteiger partial charge on any atom is 0.142 e. The van der Waals surface area contributed by atoms with Crippen molar-refractivity contribution in [3.63, 3.8) is 0 Å². The summed E-state index contributed by atoms with van der Waals surface area (Å²) in [6, 6.07) is 22.5. The van der Waals surface area contributed by atoms with Crippen molar-refractivity contribution in [2.45, 2.75) is 44.7 Å². The summed E-state index contributed by atoms with van der Waals surface area (Å²) in [4.78, 5) is 0. The van der Waals surface area contributed by atoms with Gasteiger partial charge in [-0.25, -0.2) is 13.2 Å². The summed E-state index contributed by atoms with van der Waals surface area (Å²) in [6.07, 6.45) is 2.24. The van der Waals surface area contributed by atoms with E-state index in [1.54, 1.807) is 18.2 Å². The number of unbranched alkanes of at least 4 members (excludes halogenated alkanes) is 2. The summed E-state index contributed by atoms with van der Waals surface area (Å²) in [7, 11) is 0. The molecule has 0 saturated heterocycles. The van der Waals surface area contributed by atoms with Crippen LogP contribution in [-0.2, 0) is 0 Å². The van der Waals surface area contributed by atoms with Crippen molar-refractivity contribution in [3.05, 3.63) is 107 Å². The van der Waals surface area contributed by atoms with Crippen molar-refractivity contribution < 1.29 is 13.2 Å². The molecule has 4 heteroatoms. The summed E-state index contributed by atoms with van der Waals surface area (Å²) >= 11 is 5.75. The quantitative estimate of drug-likeness (QED) is 0.227. The Kier molecular flexibility index (Phi) is 7.39. The molecule has 170 valence electrons. The minimum absolute atomic E-state index is 0.0116. The first kappa shape index (κ1) is 23.4. The number of alkyl halides is 1. The third-order valence-corrected chi connectivity index (χ3v) is 6.52. The van der Waals surface area contributed by atoms with Gasteiger partial charge >= 0.3 is 0 Å². The molecule has 0 aliphatic rings. The first-order valence-corrected chi connectivity index (χ1v) is 11.7. The number of fused-ring (bicyclic) bond motifs is 1. The topological polar surface area (TPSA) is 0 Å². The fourth-order valence-electron chi connectivity index (χ4n) is 4.37. The minimum atomic E-state index is -1.26. The lowest BCUT2D eigenvalue weighted by molar-refractivity contribution is 0.273.